The molecule has 3 heterocycles. The molecular formula is C30H40N2O3. The van der Waals surface area contributed by atoms with Crippen LogP contribution in [-0.2, 0) is 11.2 Å². The predicted molar refractivity (Wildman–Crippen MR) is 140 cm³/mol. The Hall–Kier alpha value is -2.53. The van der Waals surface area contributed by atoms with Gasteiger partial charge >= 0.3 is 6.09 Å². The minimum absolute atomic E-state index is 0.0260. The number of ether oxygens (including phenoxy) is 2. The van der Waals surface area contributed by atoms with E-state index in [2.05, 4.69) is 81.2 Å². The molecule has 0 radical (unpaired) electrons. The summed E-state index contributed by atoms with van der Waals surface area (Å²) < 4.78 is 11.8. The predicted octanol–water partition coefficient (Wildman–Crippen LogP) is 6.14. The number of hydrogen-bond acceptors (Lipinski definition) is 4. The van der Waals surface area contributed by atoms with Crippen molar-refractivity contribution in [3.05, 3.63) is 53.1 Å². The van der Waals surface area contributed by atoms with Gasteiger partial charge in [-0.05, 0) is 96.5 Å². The van der Waals surface area contributed by atoms with Gasteiger partial charge in [-0.3, -0.25) is 4.90 Å². The lowest BCUT2D eigenvalue weighted by molar-refractivity contribution is -0.0348. The molecule has 0 aromatic heterocycles. The molecule has 1 amide bonds. The van der Waals surface area contributed by atoms with Crippen LogP contribution in [0.15, 0.2) is 36.4 Å². The van der Waals surface area contributed by atoms with Crippen LogP contribution in [0.4, 0.5) is 4.79 Å². The van der Waals surface area contributed by atoms with Crippen molar-refractivity contribution in [2.75, 3.05) is 26.2 Å². The second-order valence-electron chi connectivity index (χ2n) is 11.9. The molecule has 35 heavy (non-hydrogen) atoms. The normalized spacial score (nSPS) is 26.5. The molecule has 3 fully saturated rings. The van der Waals surface area contributed by atoms with Crippen molar-refractivity contribution < 1.29 is 14.3 Å². The number of nitrogens with zero attached hydrogens (tertiary/aromatic N) is 1. The van der Waals surface area contributed by atoms with Crippen molar-refractivity contribution in [2.24, 2.45) is 17.3 Å². The van der Waals surface area contributed by atoms with E-state index >= 15 is 0 Å². The van der Waals surface area contributed by atoms with E-state index in [1.165, 1.54) is 27.8 Å². The number of nitrogens with one attached hydrogen (secondary N) is 1. The summed E-state index contributed by atoms with van der Waals surface area (Å²) in [6.07, 6.45) is 2.97. The third kappa shape index (κ3) is 5.06. The highest BCUT2D eigenvalue weighted by molar-refractivity contribution is 5.72. The minimum atomic E-state index is -0.270. The van der Waals surface area contributed by atoms with Crippen molar-refractivity contribution in [1.29, 1.82) is 0 Å². The molecule has 6 rings (SSSR count). The van der Waals surface area contributed by atoms with Crippen LogP contribution >= 0.6 is 0 Å². The summed E-state index contributed by atoms with van der Waals surface area (Å²) in [5, 5.41) is 3.25. The van der Waals surface area contributed by atoms with Gasteiger partial charge in [-0.25, -0.2) is 4.79 Å². The van der Waals surface area contributed by atoms with Crippen molar-refractivity contribution in [3.63, 3.8) is 0 Å². The highest BCUT2D eigenvalue weighted by Crippen LogP contribution is 2.47. The second-order valence-corrected chi connectivity index (χ2v) is 11.9. The Kier molecular flexibility index (Phi) is 6.56. The zero-order valence-electron chi connectivity index (χ0n) is 21.9. The monoisotopic (exact) mass is 476 g/mol. The fourth-order valence-corrected chi connectivity index (χ4v) is 6.12. The first-order valence-electron chi connectivity index (χ1n) is 13.3. The van der Waals surface area contributed by atoms with E-state index in [1.807, 2.05) is 0 Å². The number of alkyl carbamates (subject to hydrolysis) is 1. The molecule has 1 aliphatic carbocycles. The molecule has 5 heteroatoms. The van der Waals surface area contributed by atoms with Crippen molar-refractivity contribution >= 4 is 6.09 Å². The summed E-state index contributed by atoms with van der Waals surface area (Å²) in [6.45, 7) is 14.8. The van der Waals surface area contributed by atoms with Gasteiger partial charge in [-0.1, -0.05) is 52.0 Å². The number of aryl methyl sites for hydroxylation is 1. The standard InChI is InChI=1S/C30H40N2O3/c1-19(2)18-34-24-8-6-21(7-9-24)25-15-23-16-30(4,5)28(26(23)14-20(25)3)31-29(33)35-27-17-32-12-10-22(27)11-13-32/h6-9,14-15,19,22,27-28H,10-13,16-18H2,1-5H3,(H,31,33)/t27-,28-/m0/s1. The molecule has 0 saturated carbocycles. The molecule has 2 aromatic carbocycles. The first-order chi connectivity index (χ1) is 16.7. The Morgan fingerprint density at radius 2 is 1.86 bits per heavy atom. The molecule has 5 nitrogen and oxygen atoms in total. The Labute approximate surface area is 210 Å². The Morgan fingerprint density at radius 3 is 2.49 bits per heavy atom. The Bertz CT molecular complexity index is 1070. The number of carbonyl (C=O) groups excluding carboxylic acids is 1. The number of fused-ring (bicyclic) bond motifs is 4. The first-order valence-corrected chi connectivity index (χ1v) is 13.3. The maximum atomic E-state index is 13.0. The first kappa shape index (κ1) is 24.2. The lowest BCUT2D eigenvalue weighted by Crippen LogP contribution is -2.53. The molecule has 2 bridgehead atoms. The lowest BCUT2D eigenvalue weighted by Gasteiger charge is -2.44. The van der Waals surface area contributed by atoms with Crippen LogP contribution in [0.2, 0.25) is 0 Å². The molecule has 2 aromatic rings. The van der Waals surface area contributed by atoms with Crippen LogP contribution in [-0.4, -0.2) is 43.3 Å². The number of amides is 1. The van der Waals surface area contributed by atoms with E-state index in [4.69, 9.17) is 9.47 Å². The largest absolute Gasteiger partial charge is 0.493 e. The van der Waals surface area contributed by atoms with Gasteiger partial charge in [-0.15, -0.1) is 0 Å². The van der Waals surface area contributed by atoms with Crippen LogP contribution in [0.3, 0.4) is 0 Å². The number of rotatable bonds is 6. The van der Waals surface area contributed by atoms with Crippen LogP contribution < -0.4 is 10.1 Å². The minimum Gasteiger partial charge on any atom is -0.493 e. The van der Waals surface area contributed by atoms with Crippen molar-refractivity contribution in [3.8, 4) is 16.9 Å². The average molecular weight is 477 g/mol. The zero-order valence-corrected chi connectivity index (χ0v) is 21.9. The van der Waals surface area contributed by atoms with Gasteiger partial charge in [-0.2, -0.15) is 0 Å². The van der Waals surface area contributed by atoms with Gasteiger partial charge in [0, 0.05) is 6.54 Å². The number of hydrogen-bond donors (Lipinski definition) is 1. The summed E-state index contributed by atoms with van der Waals surface area (Å²) in [7, 11) is 0. The van der Waals surface area contributed by atoms with E-state index in [1.54, 1.807) is 0 Å². The molecule has 0 unspecified atom stereocenters. The third-order valence-electron chi connectivity index (χ3n) is 8.09. The number of piperidine rings is 3. The van der Waals surface area contributed by atoms with Gasteiger partial charge in [0.15, 0.2) is 0 Å². The third-order valence-corrected chi connectivity index (χ3v) is 8.09. The topological polar surface area (TPSA) is 50.8 Å². The molecule has 0 spiro atoms. The smallest absolute Gasteiger partial charge is 0.407 e. The van der Waals surface area contributed by atoms with Crippen LogP contribution in [0, 0.1) is 24.2 Å². The molecular weight excluding hydrogens is 436 g/mol. The maximum absolute atomic E-state index is 13.0. The van der Waals surface area contributed by atoms with E-state index in [9.17, 15) is 4.79 Å². The highest BCUT2D eigenvalue weighted by atomic mass is 16.6. The SMILES string of the molecule is Cc1cc2c(cc1-c1ccc(OCC(C)C)cc1)CC(C)(C)[C@H]2NC(=O)O[C@H]1CN2CCC1CC2. The van der Waals surface area contributed by atoms with Crippen LogP contribution in [0.25, 0.3) is 11.1 Å². The highest BCUT2D eigenvalue weighted by Gasteiger charge is 2.42. The van der Waals surface area contributed by atoms with Gasteiger partial charge < -0.3 is 14.8 Å². The quantitative estimate of drug-likeness (QED) is 0.544. The molecule has 1 N–H and O–H groups in total. The zero-order chi connectivity index (χ0) is 24.7. The molecule has 4 aliphatic rings. The molecule has 3 saturated heterocycles. The van der Waals surface area contributed by atoms with Gasteiger partial charge in [0.2, 0.25) is 0 Å². The molecule has 2 atom stereocenters. The Morgan fingerprint density at radius 1 is 1.14 bits per heavy atom. The van der Waals surface area contributed by atoms with Crippen LogP contribution in [0.5, 0.6) is 5.75 Å². The van der Waals surface area contributed by atoms with E-state index in [0.717, 1.165) is 51.3 Å². The average Bonchev–Trinajstić information content (AvgIpc) is 3.07. The fourth-order valence-electron chi connectivity index (χ4n) is 6.12. The number of benzene rings is 2. The van der Waals surface area contributed by atoms with E-state index < -0.39 is 0 Å². The maximum Gasteiger partial charge on any atom is 0.407 e. The summed E-state index contributed by atoms with van der Waals surface area (Å²) >= 11 is 0. The summed E-state index contributed by atoms with van der Waals surface area (Å²) in [4.78, 5) is 15.4. The van der Waals surface area contributed by atoms with Gasteiger partial charge in [0.05, 0.1) is 12.6 Å². The summed E-state index contributed by atoms with van der Waals surface area (Å²) in [6, 6.07) is 12.9. The lowest BCUT2D eigenvalue weighted by atomic mass is 9.85. The molecule has 188 valence electrons. The fraction of sp³-hybridized carbons (Fsp3) is 0.567. The Balaban J connectivity index is 1.31. The van der Waals surface area contributed by atoms with E-state index in [-0.39, 0.29) is 23.7 Å². The second kappa shape index (κ2) is 9.50. The summed E-state index contributed by atoms with van der Waals surface area (Å²) in [5.74, 6) is 1.93. The number of carbonyl (C=O) groups is 1. The van der Waals surface area contributed by atoms with Gasteiger partial charge in [0.1, 0.15) is 11.9 Å². The van der Waals surface area contributed by atoms with Gasteiger partial charge in [0.25, 0.3) is 0 Å². The van der Waals surface area contributed by atoms with Crippen LogP contribution in [0.1, 0.15) is 63.3 Å². The molecule has 3 aliphatic heterocycles. The summed E-state index contributed by atoms with van der Waals surface area (Å²) in [5.41, 5.74) is 6.11. The van der Waals surface area contributed by atoms with Crippen molar-refractivity contribution in [1.82, 2.24) is 10.2 Å². The van der Waals surface area contributed by atoms with Crippen molar-refractivity contribution in [2.45, 2.75) is 66.0 Å². The van der Waals surface area contributed by atoms with E-state index in [0.29, 0.717) is 11.8 Å².